The molecule has 3 aromatic rings. The summed E-state index contributed by atoms with van der Waals surface area (Å²) in [6.07, 6.45) is 0. The van der Waals surface area contributed by atoms with Gasteiger partial charge < -0.3 is 14.2 Å². The first-order chi connectivity index (χ1) is 13.9. The van der Waals surface area contributed by atoms with Crippen LogP contribution in [0.2, 0.25) is 5.02 Å². The highest BCUT2D eigenvalue weighted by Gasteiger charge is 2.23. The lowest BCUT2D eigenvalue weighted by Crippen LogP contribution is -3.13. The molecule has 0 spiro atoms. The van der Waals surface area contributed by atoms with Crippen LogP contribution in [-0.2, 0) is 6.54 Å². The van der Waals surface area contributed by atoms with E-state index in [1.54, 1.807) is 6.07 Å². The smallest absolute Gasteiger partial charge is 0.336 e. The quantitative estimate of drug-likeness (QED) is 0.664. The molecule has 4 rings (SSSR count). The molecule has 1 aliphatic rings. The predicted octanol–water partition coefficient (Wildman–Crippen LogP) is 3.78. The molecule has 1 N–H and O–H groups in total. The summed E-state index contributed by atoms with van der Waals surface area (Å²) >= 11 is 6.37. The predicted molar refractivity (Wildman–Crippen MR) is 119 cm³/mol. The zero-order chi connectivity index (χ0) is 20.5. The molecule has 4 nitrogen and oxygen atoms in total. The van der Waals surface area contributed by atoms with E-state index in [0.717, 1.165) is 54.4 Å². The second kappa shape index (κ2) is 8.21. The van der Waals surface area contributed by atoms with Crippen LogP contribution in [0.5, 0.6) is 0 Å². The fraction of sp³-hybridized carbons (Fsp3) is 0.375. The van der Waals surface area contributed by atoms with Crippen molar-refractivity contribution in [3.63, 3.8) is 0 Å². The number of anilines is 1. The van der Waals surface area contributed by atoms with Crippen LogP contribution in [0.3, 0.4) is 0 Å². The van der Waals surface area contributed by atoms with Gasteiger partial charge in [-0.2, -0.15) is 0 Å². The number of benzene rings is 2. The Morgan fingerprint density at radius 3 is 2.55 bits per heavy atom. The maximum Gasteiger partial charge on any atom is 0.336 e. The maximum atomic E-state index is 12.2. The molecule has 0 aliphatic carbocycles. The third-order valence-corrected chi connectivity index (χ3v) is 6.26. The van der Waals surface area contributed by atoms with Crippen LogP contribution in [0.1, 0.15) is 36.5 Å². The van der Waals surface area contributed by atoms with Gasteiger partial charge in [0.05, 0.1) is 36.9 Å². The first-order valence-corrected chi connectivity index (χ1v) is 10.7. The Hall–Kier alpha value is -2.30. The van der Waals surface area contributed by atoms with Gasteiger partial charge in [-0.1, -0.05) is 37.6 Å². The lowest BCUT2D eigenvalue weighted by molar-refractivity contribution is -0.914. The highest BCUT2D eigenvalue weighted by molar-refractivity contribution is 6.33. The normalized spacial score (nSPS) is 15.4. The van der Waals surface area contributed by atoms with Crippen molar-refractivity contribution >= 4 is 28.3 Å². The summed E-state index contributed by atoms with van der Waals surface area (Å²) in [6.45, 7) is 11.2. The van der Waals surface area contributed by atoms with Gasteiger partial charge in [0.2, 0.25) is 0 Å². The summed E-state index contributed by atoms with van der Waals surface area (Å²) in [4.78, 5) is 16.0. The van der Waals surface area contributed by atoms with Gasteiger partial charge in [-0.3, -0.25) is 0 Å². The fourth-order valence-corrected chi connectivity index (χ4v) is 4.63. The summed E-state index contributed by atoms with van der Waals surface area (Å²) in [7, 11) is 0. The van der Waals surface area contributed by atoms with E-state index in [1.165, 1.54) is 16.0 Å². The minimum Gasteiger partial charge on any atom is -0.423 e. The van der Waals surface area contributed by atoms with Crippen molar-refractivity contribution < 1.29 is 9.32 Å². The number of quaternary nitrogens is 1. The van der Waals surface area contributed by atoms with Gasteiger partial charge in [0.15, 0.2) is 0 Å². The van der Waals surface area contributed by atoms with Crippen LogP contribution in [0, 0.1) is 6.92 Å². The number of nitrogens with one attached hydrogen (secondary N) is 1. The van der Waals surface area contributed by atoms with Gasteiger partial charge in [-0.05, 0) is 48.2 Å². The number of aryl methyl sites for hydroxylation is 1. The van der Waals surface area contributed by atoms with Gasteiger partial charge in [0.1, 0.15) is 12.1 Å². The molecule has 29 heavy (non-hydrogen) atoms. The molecule has 0 amide bonds. The molecule has 0 atom stereocenters. The monoisotopic (exact) mass is 411 g/mol. The van der Waals surface area contributed by atoms with Crippen LogP contribution >= 0.6 is 11.6 Å². The Morgan fingerprint density at radius 2 is 1.86 bits per heavy atom. The third-order valence-electron chi connectivity index (χ3n) is 5.94. The molecule has 0 bridgehead atoms. The van der Waals surface area contributed by atoms with E-state index in [-0.39, 0.29) is 5.63 Å². The zero-order valence-corrected chi connectivity index (χ0v) is 18.1. The number of piperazine rings is 1. The molecule has 0 unspecified atom stereocenters. The van der Waals surface area contributed by atoms with E-state index >= 15 is 0 Å². The fourth-order valence-electron chi connectivity index (χ4n) is 4.38. The summed E-state index contributed by atoms with van der Waals surface area (Å²) < 4.78 is 5.51. The van der Waals surface area contributed by atoms with Crippen LogP contribution in [-0.4, -0.2) is 26.2 Å². The van der Waals surface area contributed by atoms with Crippen molar-refractivity contribution in [2.24, 2.45) is 0 Å². The summed E-state index contributed by atoms with van der Waals surface area (Å²) in [5.74, 6) is 0.436. The van der Waals surface area contributed by atoms with Crippen LogP contribution in [0.25, 0.3) is 11.0 Å². The molecular weight excluding hydrogens is 384 g/mol. The summed E-state index contributed by atoms with van der Waals surface area (Å²) in [6, 6.07) is 13.9. The summed E-state index contributed by atoms with van der Waals surface area (Å²) in [5.41, 5.74) is 5.11. The number of hydrogen-bond donors (Lipinski definition) is 1. The van der Waals surface area contributed by atoms with Crippen LogP contribution in [0.4, 0.5) is 5.69 Å². The average molecular weight is 412 g/mol. The molecule has 2 heterocycles. The molecule has 1 fully saturated rings. The lowest BCUT2D eigenvalue weighted by Gasteiger charge is -2.34. The number of hydrogen-bond acceptors (Lipinski definition) is 3. The van der Waals surface area contributed by atoms with Crippen molar-refractivity contribution in [3.05, 3.63) is 74.6 Å². The van der Waals surface area contributed by atoms with E-state index in [1.807, 2.05) is 24.3 Å². The van der Waals surface area contributed by atoms with E-state index in [0.29, 0.717) is 11.5 Å². The molecule has 2 aromatic carbocycles. The lowest BCUT2D eigenvalue weighted by atomic mass is 9.95. The van der Waals surface area contributed by atoms with Crippen molar-refractivity contribution in [1.82, 2.24) is 0 Å². The Labute approximate surface area is 176 Å². The van der Waals surface area contributed by atoms with Crippen LogP contribution in [0.15, 0.2) is 51.7 Å². The number of fused-ring (bicyclic) bond motifs is 1. The highest BCUT2D eigenvalue weighted by atomic mass is 35.5. The SMILES string of the molecule is Cc1cc2oc(=O)cc(C[NH+]3CCN(c4ccccc4Cl)CC3)c2cc1C(C)C. The second-order valence-corrected chi connectivity index (χ2v) is 8.72. The number of rotatable bonds is 4. The standard InChI is InChI=1S/C24H27ClN2O2/c1-16(2)19-14-20-18(13-24(28)29-23(20)12-17(19)3)15-26-8-10-27(11-9-26)22-7-5-4-6-21(22)25/h4-7,12-14,16H,8-11,15H2,1-3H3/p+1. The van der Waals surface area contributed by atoms with Gasteiger partial charge in [-0.25, -0.2) is 4.79 Å². The van der Waals surface area contributed by atoms with Crippen molar-refractivity contribution in [1.29, 1.82) is 0 Å². The van der Waals surface area contributed by atoms with Crippen molar-refractivity contribution in [2.45, 2.75) is 33.2 Å². The minimum atomic E-state index is -0.265. The first-order valence-electron chi connectivity index (χ1n) is 10.3. The van der Waals surface area contributed by atoms with E-state index in [4.69, 9.17) is 16.0 Å². The molecule has 152 valence electrons. The zero-order valence-electron chi connectivity index (χ0n) is 17.3. The molecular formula is C24H28ClN2O2+. The average Bonchev–Trinajstić information content (AvgIpc) is 2.68. The van der Waals surface area contributed by atoms with Gasteiger partial charge >= 0.3 is 5.63 Å². The molecule has 0 radical (unpaired) electrons. The number of para-hydroxylation sites is 1. The third kappa shape index (κ3) is 4.19. The Bertz CT molecular complexity index is 1080. The minimum absolute atomic E-state index is 0.265. The van der Waals surface area contributed by atoms with Crippen LogP contribution < -0.4 is 15.4 Å². The molecule has 1 aromatic heterocycles. The Balaban J connectivity index is 1.56. The summed E-state index contributed by atoms with van der Waals surface area (Å²) in [5, 5.41) is 1.87. The Kier molecular flexibility index (Phi) is 5.66. The van der Waals surface area contributed by atoms with E-state index in [9.17, 15) is 4.79 Å². The number of halogens is 1. The molecule has 1 aliphatic heterocycles. The van der Waals surface area contributed by atoms with Crippen molar-refractivity contribution in [2.75, 3.05) is 31.1 Å². The maximum absolute atomic E-state index is 12.2. The molecule has 5 heteroatoms. The van der Waals surface area contributed by atoms with Gasteiger partial charge in [-0.15, -0.1) is 0 Å². The Morgan fingerprint density at radius 1 is 1.14 bits per heavy atom. The second-order valence-electron chi connectivity index (χ2n) is 8.32. The van der Waals surface area contributed by atoms with Crippen molar-refractivity contribution in [3.8, 4) is 0 Å². The highest BCUT2D eigenvalue weighted by Crippen LogP contribution is 2.27. The molecule has 0 saturated carbocycles. The first kappa shape index (κ1) is 20.0. The largest absolute Gasteiger partial charge is 0.423 e. The van der Waals surface area contributed by atoms with Gasteiger partial charge in [0.25, 0.3) is 0 Å². The van der Waals surface area contributed by atoms with E-state index < -0.39 is 0 Å². The molecule has 1 saturated heterocycles. The van der Waals surface area contributed by atoms with E-state index in [2.05, 4.69) is 37.8 Å². The number of nitrogens with zero attached hydrogens (tertiary/aromatic N) is 1. The topological polar surface area (TPSA) is 37.9 Å². The van der Waals surface area contributed by atoms with Gasteiger partial charge in [0, 0.05) is 17.0 Å².